The molecule has 3 aromatic rings. The van der Waals surface area contributed by atoms with Crippen molar-refractivity contribution in [2.24, 2.45) is 0 Å². The number of hydrogen-bond acceptors (Lipinski definition) is 2. The molecular weight excluding hydrogens is 358 g/mol. The Bertz CT molecular complexity index is 905. The molecule has 1 N–H and O–H groups in total. The molecule has 0 unspecified atom stereocenters. The smallest absolute Gasteiger partial charge is 0.248 e. The van der Waals surface area contributed by atoms with Crippen molar-refractivity contribution >= 4 is 29.3 Å². The molecule has 3 aromatic carbocycles. The third-order valence-electron chi connectivity index (χ3n) is 3.94. The molecule has 0 aliphatic carbocycles. The highest BCUT2D eigenvalue weighted by Gasteiger charge is 2.01. The number of amides is 1. The van der Waals surface area contributed by atoms with Crippen LogP contribution < -0.4 is 10.1 Å². The maximum absolute atomic E-state index is 12.0. The second-order valence-corrected chi connectivity index (χ2v) is 6.36. The number of halogens is 1. The SMILES string of the molecule is O=C(/C=C/c1ccccc1Cl)Nc1ccc(OCCc2ccccc2)cc1. The molecule has 0 fully saturated rings. The highest BCUT2D eigenvalue weighted by Crippen LogP contribution is 2.18. The Hall–Kier alpha value is -3.04. The van der Waals surface area contributed by atoms with Gasteiger partial charge in [-0.15, -0.1) is 0 Å². The molecule has 27 heavy (non-hydrogen) atoms. The molecule has 3 nitrogen and oxygen atoms in total. The van der Waals surface area contributed by atoms with Gasteiger partial charge in [-0.25, -0.2) is 0 Å². The van der Waals surface area contributed by atoms with Crippen molar-refractivity contribution < 1.29 is 9.53 Å². The van der Waals surface area contributed by atoms with Crippen molar-refractivity contribution in [2.45, 2.75) is 6.42 Å². The minimum Gasteiger partial charge on any atom is -0.493 e. The summed E-state index contributed by atoms with van der Waals surface area (Å²) in [6, 6.07) is 24.9. The molecule has 136 valence electrons. The summed E-state index contributed by atoms with van der Waals surface area (Å²) in [6.45, 7) is 0.607. The number of carbonyl (C=O) groups is 1. The number of benzene rings is 3. The summed E-state index contributed by atoms with van der Waals surface area (Å²) in [5.74, 6) is 0.559. The second-order valence-electron chi connectivity index (χ2n) is 5.95. The van der Waals surface area contributed by atoms with E-state index in [1.807, 2.05) is 60.7 Å². The van der Waals surface area contributed by atoms with Gasteiger partial charge in [0.25, 0.3) is 0 Å². The third kappa shape index (κ3) is 6.01. The minimum atomic E-state index is -0.215. The zero-order valence-corrected chi connectivity index (χ0v) is 15.5. The number of hydrogen-bond donors (Lipinski definition) is 1. The van der Waals surface area contributed by atoms with E-state index in [2.05, 4.69) is 17.4 Å². The van der Waals surface area contributed by atoms with Gasteiger partial charge in [-0.3, -0.25) is 4.79 Å². The van der Waals surface area contributed by atoms with Crippen LogP contribution in [0, 0.1) is 0 Å². The van der Waals surface area contributed by atoms with Gasteiger partial charge >= 0.3 is 0 Å². The summed E-state index contributed by atoms with van der Waals surface area (Å²) in [5, 5.41) is 3.43. The monoisotopic (exact) mass is 377 g/mol. The van der Waals surface area contributed by atoms with Gasteiger partial charge < -0.3 is 10.1 Å². The molecule has 0 saturated carbocycles. The van der Waals surface area contributed by atoms with E-state index >= 15 is 0 Å². The highest BCUT2D eigenvalue weighted by atomic mass is 35.5. The summed E-state index contributed by atoms with van der Waals surface area (Å²) in [5.41, 5.74) is 2.75. The topological polar surface area (TPSA) is 38.3 Å². The van der Waals surface area contributed by atoms with Gasteiger partial charge in [-0.05, 0) is 47.5 Å². The van der Waals surface area contributed by atoms with Gasteiger partial charge in [0.15, 0.2) is 0 Å². The van der Waals surface area contributed by atoms with E-state index in [-0.39, 0.29) is 5.91 Å². The predicted molar refractivity (Wildman–Crippen MR) is 111 cm³/mol. The van der Waals surface area contributed by atoms with Crippen LogP contribution in [0.1, 0.15) is 11.1 Å². The number of anilines is 1. The zero-order valence-electron chi connectivity index (χ0n) is 14.8. The van der Waals surface area contributed by atoms with E-state index in [1.165, 1.54) is 11.6 Å². The van der Waals surface area contributed by atoms with E-state index in [1.54, 1.807) is 12.1 Å². The van der Waals surface area contributed by atoms with Crippen molar-refractivity contribution in [3.05, 3.63) is 101 Å². The lowest BCUT2D eigenvalue weighted by Crippen LogP contribution is -2.07. The Kier molecular flexibility index (Phi) is 6.66. The highest BCUT2D eigenvalue weighted by molar-refractivity contribution is 6.32. The Morgan fingerprint density at radius 3 is 2.37 bits per heavy atom. The first-order valence-corrected chi connectivity index (χ1v) is 9.09. The molecule has 0 atom stereocenters. The first-order chi connectivity index (χ1) is 13.2. The van der Waals surface area contributed by atoms with E-state index in [4.69, 9.17) is 16.3 Å². The zero-order chi connectivity index (χ0) is 18.9. The van der Waals surface area contributed by atoms with E-state index in [0.29, 0.717) is 17.3 Å². The lowest BCUT2D eigenvalue weighted by molar-refractivity contribution is -0.111. The molecule has 0 heterocycles. The fourth-order valence-corrected chi connectivity index (χ4v) is 2.72. The molecule has 0 saturated heterocycles. The third-order valence-corrected chi connectivity index (χ3v) is 4.29. The Labute approximate surface area is 164 Å². The molecule has 0 spiro atoms. The van der Waals surface area contributed by atoms with Crippen LogP contribution >= 0.6 is 11.6 Å². The minimum absolute atomic E-state index is 0.215. The van der Waals surface area contributed by atoms with Gasteiger partial charge in [0.05, 0.1) is 6.61 Å². The van der Waals surface area contributed by atoms with Crippen molar-refractivity contribution in [2.75, 3.05) is 11.9 Å². The van der Waals surface area contributed by atoms with Gasteiger partial charge in [0.1, 0.15) is 5.75 Å². The van der Waals surface area contributed by atoms with Crippen LogP contribution in [-0.4, -0.2) is 12.5 Å². The number of nitrogens with one attached hydrogen (secondary N) is 1. The lowest BCUT2D eigenvalue weighted by atomic mass is 10.2. The lowest BCUT2D eigenvalue weighted by Gasteiger charge is -2.08. The van der Waals surface area contributed by atoms with E-state index in [9.17, 15) is 4.79 Å². The van der Waals surface area contributed by atoms with Gasteiger partial charge in [-0.2, -0.15) is 0 Å². The second kappa shape index (κ2) is 9.60. The van der Waals surface area contributed by atoms with Gasteiger partial charge in [-0.1, -0.05) is 60.1 Å². The molecule has 1 amide bonds. The number of rotatable bonds is 7. The molecule has 3 rings (SSSR count). The van der Waals surface area contributed by atoms with Crippen LogP contribution in [0.3, 0.4) is 0 Å². The fourth-order valence-electron chi connectivity index (χ4n) is 2.53. The largest absolute Gasteiger partial charge is 0.493 e. The van der Waals surface area contributed by atoms with Gasteiger partial charge in [0, 0.05) is 23.2 Å². The Balaban J connectivity index is 1.48. The van der Waals surface area contributed by atoms with E-state index < -0.39 is 0 Å². The first-order valence-electron chi connectivity index (χ1n) is 8.71. The number of ether oxygens (including phenoxy) is 1. The molecule has 0 aliphatic rings. The van der Waals surface area contributed by atoms with Crippen molar-refractivity contribution in [1.29, 1.82) is 0 Å². The van der Waals surface area contributed by atoms with Crippen molar-refractivity contribution in [3.8, 4) is 5.75 Å². The quantitative estimate of drug-likeness (QED) is 0.543. The average molecular weight is 378 g/mol. The Morgan fingerprint density at radius 1 is 0.926 bits per heavy atom. The molecule has 0 bridgehead atoms. The van der Waals surface area contributed by atoms with Crippen LogP contribution in [0.2, 0.25) is 5.02 Å². The Morgan fingerprint density at radius 2 is 1.63 bits per heavy atom. The summed E-state index contributed by atoms with van der Waals surface area (Å²) in [4.78, 5) is 12.0. The summed E-state index contributed by atoms with van der Waals surface area (Å²) >= 11 is 6.07. The average Bonchev–Trinajstić information content (AvgIpc) is 2.69. The summed E-state index contributed by atoms with van der Waals surface area (Å²) in [7, 11) is 0. The van der Waals surface area contributed by atoms with Crippen LogP contribution in [0.15, 0.2) is 84.9 Å². The standard InChI is InChI=1S/C23H20ClNO2/c24-22-9-5-4-8-19(22)10-15-23(26)25-20-11-13-21(14-12-20)27-17-16-18-6-2-1-3-7-18/h1-15H,16-17H2,(H,25,26)/b15-10+. The van der Waals surface area contributed by atoms with Crippen LogP contribution in [-0.2, 0) is 11.2 Å². The molecule has 0 aromatic heterocycles. The van der Waals surface area contributed by atoms with Crippen LogP contribution in [0.4, 0.5) is 5.69 Å². The van der Waals surface area contributed by atoms with Crippen molar-refractivity contribution in [1.82, 2.24) is 0 Å². The molecule has 0 radical (unpaired) electrons. The molecule has 0 aliphatic heterocycles. The predicted octanol–water partition coefficient (Wildman–Crippen LogP) is 5.61. The first kappa shape index (κ1) is 18.7. The number of carbonyl (C=O) groups excluding carboxylic acids is 1. The molecule has 4 heteroatoms. The molecular formula is C23H20ClNO2. The van der Waals surface area contributed by atoms with Gasteiger partial charge in [0.2, 0.25) is 5.91 Å². The van der Waals surface area contributed by atoms with E-state index in [0.717, 1.165) is 17.7 Å². The van der Waals surface area contributed by atoms with Crippen molar-refractivity contribution in [3.63, 3.8) is 0 Å². The maximum atomic E-state index is 12.0. The maximum Gasteiger partial charge on any atom is 0.248 e. The summed E-state index contributed by atoms with van der Waals surface area (Å²) < 4.78 is 5.75. The van der Waals surface area contributed by atoms with Crippen LogP contribution in [0.5, 0.6) is 5.75 Å². The normalized spacial score (nSPS) is 10.7. The fraction of sp³-hybridized carbons (Fsp3) is 0.0870. The summed E-state index contributed by atoms with van der Waals surface area (Å²) in [6.07, 6.45) is 4.01. The van der Waals surface area contributed by atoms with Crippen LogP contribution in [0.25, 0.3) is 6.08 Å².